The monoisotopic (exact) mass is 270 g/mol. The second kappa shape index (κ2) is 5.77. The lowest BCUT2D eigenvalue weighted by molar-refractivity contribution is 0.382. The molecule has 20 heavy (non-hydrogen) atoms. The Morgan fingerprint density at radius 3 is 3.10 bits per heavy atom. The van der Waals surface area contributed by atoms with Crippen LogP contribution < -0.4 is 11.3 Å². The van der Waals surface area contributed by atoms with Gasteiger partial charge in [-0.1, -0.05) is 24.3 Å². The number of imidazole rings is 1. The first-order chi connectivity index (χ1) is 9.85. The summed E-state index contributed by atoms with van der Waals surface area (Å²) in [7, 11) is 0. The summed E-state index contributed by atoms with van der Waals surface area (Å²) in [6, 6.07) is 8.80. The van der Waals surface area contributed by atoms with Gasteiger partial charge in [0.25, 0.3) is 0 Å². The topological polar surface area (TPSA) is 55.9 Å². The van der Waals surface area contributed by atoms with Crippen molar-refractivity contribution in [2.45, 2.75) is 44.7 Å². The molecule has 0 bridgehead atoms. The van der Waals surface area contributed by atoms with Crippen molar-refractivity contribution in [2.75, 3.05) is 0 Å². The molecule has 3 rings (SSSR count). The second-order valence-corrected chi connectivity index (χ2v) is 5.41. The Hall–Kier alpha value is -1.65. The lowest BCUT2D eigenvalue weighted by Gasteiger charge is -2.31. The van der Waals surface area contributed by atoms with Gasteiger partial charge in [0.05, 0.1) is 6.04 Å². The standard InChI is InChI=1S/C16H22N4/c1-2-20-11-10-18-16(20)15(19-17)14-9-5-7-12-6-3-4-8-13(12)14/h3-4,6,8,10-11,14-15,19H,2,5,7,9,17H2,1H3. The number of aryl methyl sites for hydroxylation is 2. The van der Waals surface area contributed by atoms with Crippen LogP contribution in [-0.4, -0.2) is 9.55 Å². The average Bonchev–Trinajstić information content (AvgIpc) is 2.97. The van der Waals surface area contributed by atoms with E-state index in [1.807, 2.05) is 12.4 Å². The first-order valence-corrected chi connectivity index (χ1v) is 7.40. The van der Waals surface area contributed by atoms with Crippen molar-refractivity contribution in [2.24, 2.45) is 5.84 Å². The van der Waals surface area contributed by atoms with Gasteiger partial charge in [0, 0.05) is 24.9 Å². The van der Waals surface area contributed by atoms with Gasteiger partial charge in [0.2, 0.25) is 0 Å². The Morgan fingerprint density at radius 2 is 2.30 bits per heavy atom. The second-order valence-electron chi connectivity index (χ2n) is 5.41. The summed E-state index contributed by atoms with van der Waals surface area (Å²) in [5.74, 6) is 7.31. The molecular formula is C16H22N4. The Balaban J connectivity index is 1.99. The Morgan fingerprint density at radius 1 is 1.45 bits per heavy atom. The largest absolute Gasteiger partial charge is 0.334 e. The van der Waals surface area contributed by atoms with Crippen molar-refractivity contribution >= 4 is 0 Å². The quantitative estimate of drug-likeness (QED) is 0.663. The predicted octanol–water partition coefficient (Wildman–Crippen LogP) is 2.53. The Bertz CT molecular complexity index is 575. The van der Waals surface area contributed by atoms with Gasteiger partial charge in [-0.25, -0.2) is 10.4 Å². The molecule has 0 saturated heterocycles. The molecule has 1 aliphatic carbocycles. The third-order valence-corrected chi connectivity index (χ3v) is 4.36. The highest BCUT2D eigenvalue weighted by molar-refractivity contribution is 5.34. The van der Waals surface area contributed by atoms with E-state index < -0.39 is 0 Å². The third kappa shape index (κ3) is 2.25. The van der Waals surface area contributed by atoms with Crippen molar-refractivity contribution in [3.63, 3.8) is 0 Å². The van der Waals surface area contributed by atoms with Crippen LogP contribution in [0.3, 0.4) is 0 Å². The Labute approximate surface area is 120 Å². The van der Waals surface area contributed by atoms with Gasteiger partial charge in [-0.3, -0.25) is 5.84 Å². The molecule has 2 atom stereocenters. The zero-order chi connectivity index (χ0) is 13.9. The highest BCUT2D eigenvalue weighted by atomic mass is 15.3. The molecule has 0 aliphatic heterocycles. The number of nitrogens with one attached hydrogen (secondary N) is 1. The molecule has 1 aromatic carbocycles. The van der Waals surface area contributed by atoms with Crippen molar-refractivity contribution < 1.29 is 0 Å². The van der Waals surface area contributed by atoms with E-state index in [4.69, 9.17) is 5.84 Å². The number of fused-ring (bicyclic) bond motifs is 1. The van der Waals surface area contributed by atoms with Crippen LogP contribution in [0.15, 0.2) is 36.7 Å². The lowest BCUT2D eigenvalue weighted by atomic mass is 9.78. The molecule has 0 saturated carbocycles. The predicted molar refractivity (Wildman–Crippen MR) is 80.1 cm³/mol. The maximum absolute atomic E-state index is 5.87. The summed E-state index contributed by atoms with van der Waals surface area (Å²) in [5.41, 5.74) is 5.89. The van der Waals surface area contributed by atoms with Gasteiger partial charge >= 0.3 is 0 Å². The maximum Gasteiger partial charge on any atom is 0.127 e. The molecule has 0 fully saturated rings. The van der Waals surface area contributed by atoms with Gasteiger partial charge in [-0.2, -0.15) is 0 Å². The van der Waals surface area contributed by atoms with Gasteiger partial charge in [-0.15, -0.1) is 0 Å². The minimum absolute atomic E-state index is 0.0754. The van der Waals surface area contributed by atoms with E-state index in [0.29, 0.717) is 5.92 Å². The summed E-state index contributed by atoms with van der Waals surface area (Å²) in [6.45, 7) is 3.05. The minimum Gasteiger partial charge on any atom is -0.334 e. The fourth-order valence-electron chi connectivity index (χ4n) is 3.38. The molecule has 2 aromatic rings. The van der Waals surface area contributed by atoms with Crippen LogP contribution in [0.1, 0.15) is 48.7 Å². The summed E-state index contributed by atoms with van der Waals surface area (Å²) in [6.07, 6.45) is 7.42. The van der Waals surface area contributed by atoms with Crippen LogP contribution in [0.2, 0.25) is 0 Å². The van der Waals surface area contributed by atoms with Crippen molar-refractivity contribution in [1.82, 2.24) is 15.0 Å². The average molecular weight is 270 g/mol. The molecule has 1 heterocycles. The summed E-state index contributed by atoms with van der Waals surface area (Å²) < 4.78 is 2.17. The normalized spacial score (nSPS) is 19.6. The SMILES string of the molecule is CCn1ccnc1C(NN)C1CCCc2ccccc21. The van der Waals surface area contributed by atoms with Crippen molar-refractivity contribution in [3.05, 3.63) is 53.6 Å². The van der Waals surface area contributed by atoms with E-state index in [2.05, 4.69) is 46.2 Å². The lowest BCUT2D eigenvalue weighted by Crippen LogP contribution is -2.35. The highest BCUT2D eigenvalue weighted by Gasteiger charge is 2.30. The number of nitrogens with zero attached hydrogens (tertiary/aromatic N) is 2. The number of hydrazine groups is 1. The van der Waals surface area contributed by atoms with Crippen LogP contribution in [0.25, 0.3) is 0 Å². The smallest absolute Gasteiger partial charge is 0.127 e. The van der Waals surface area contributed by atoms with Crippen LogP contribution in [0.5, 0.6) is 0 Å². The van der Waals surface area contributed by atoms with E-state index in [-0.39, 0.29) is 6.04 Å². The fraction of sp³-hybridized carbons (Fsp3) is 0.438. The number of nitrogens with two attached hydrogens (primary N) is 1. The summed E-state index contributed by atoms with van der Waals surface area (Å²) in [4.78, 5) is 4.53. The minimum atomic E-state index is 0.0754. The maximum atomic E-state index is 5.87. The molecule has 3 N–H and O–H groups in total. The molecule has 0 radical (unpaired) electrons. The zero-order valence-electron chi connectivity index (χ0n) is 11.9. The van der Waals surface area contributed by atoms with Crippen LogP contribution in [0, 0.1) is 0 Å². The summed E-state index contributed by atoms with van der Waals surface area (Å²) >= 11 is 0. The fourth-order valence-corrected chi connectivity index (χ4v) is 3.38. The number of benzene rings is 1. The van der Waals surface area contributed by atoms with Gasteiger partial charge < -0.3 is 4.57 Å². The van der Waals surface area contributed by atoms with Crippen LogP contribution in [-0.2, 0) is 13.0 Å². The molecule has 1 aromatic heterocycles. The number of rotatable bonds is 4. The molecule has 106 valence electrons. The van der Waals surface area contributed by atoms with Crippen LogP contribution >= 0.6 is 0 Å². The summed E-state index contributed by atoms with van der Waals surface area (Å²) in [5, 5.41) is 0. The van der Waals surface area contributed by atoms with E-state index >= 15 is 0 Å². The highest BCUT2D eigenvalue weighted by Crippen LogP contribution is 2.39. The molecule has 1 aliphatic rings. The first kappa shape index (κ1) is 13.3. The molecule has 0 amide bonds. The number of hydrogen-bond donors (Lipinski definition) is 2. The van der Waals surface area contributed by atoms with Crippen molar-refractivity contribution in [1.29, 1.82) is 0 Å². The van der Waals surface area contributed by atoms with E-state index in [1.165, 1.54) is 24.0 Å². The number of aromatic nitrogens is 2. The first-order valence-electron chi connectivity index (χ1n) is 7.40. The zero-order valence-corrected chi connectivity index (χ0v) is 11.9. The van der Waals surface area contributed by atoms with Gasteiger partial charge in [-0.05, 0) is 37.3 Å². The Kier molecular flexibility index (Phi) is 3.85. The van der Waals surface area contributed by atoms with Crippen LogP contribution in [0.4, 0.5) is 0 Å². The molecule has 4 heteroatoms. The van der Waals surface area contributed by atoms with E-state index in [9.17, 15) is 0 Å². The molecule has 4 nitrogen and oxygen atoms in total. The molecule has 0 spiro atoms. The van der Waals surface area contributed by atoms with Crippen molar-refractivity contribution in [3.8, 4) is 0 Å². The van der Waals surface area contributed by atoms with Gasteiger partial charge in [0.15, 0.2) is 0 Å². The molecular weight excluding hydrogens is 248 g/mol. The van der Waals surface area contributed by atoms with E-state index in [0.717, 1.165) is 18.8 Å². The van der Waals surface area contributed by atoms with E-state index in [1.54, 1.807) is 0 Å². The van der Waals surface area contributed by atoms with Gasteiger partial charge in [0.1, 0.15) is 5.82 Å². The molecule has 2 unspecified atom stereocenters. The third-order valence-electron chi connectivity index (χ3n) is 4.36. The number of hydrogen-bond acceptors (Lipinski definition) is 3.